The summed E-state index contributed by atoms with van der Waals surface area (Å²) in [5.74, 6) is 0. The van der Waals surface area contributed by atoms with E-state index in [9.17, 15) is 10.1 Å². The summed E-state index contributed by atoms with van der Waals surface area (Å²) < 4.78 is 0. The molecule has 0 spiro atoms. The topological polar surface area (TPSA) is 81.2 Å². The van der Waals surface area contributed by atoms with Gasteiger partial charge in [0.25, 0.3) is 5.69 Å². The third-order valence-electron chi connectivity index (χ3n) is 3.09. The molecule has 1 unspecified atom stereocenters. The second-order valence-corrected chi connectivity index (χ2v) is 4.13. The number of nitrogens with zero attached hydrogens (tertiary/aromatic N) is 1. The molecule has 5 nitrogen and oxygen atoms in total. The molecule has 1 heterocycles. The average Bonchev–Trinajstić information content (AvgIpc) is 2.70. The van der Waals surface area contributed by atoms with Crippen LogP contribution in [0, 0.1) is 17.0 Å². The quantitative estimate of drug-likeness (QED) is 0.454. The molecule has 1 aliphatic rings. The van der Waals surface area contributed by atoms with E-state index >= 15 is 0 Å². The lowest BCUT2D eigenvalue weighted by atomic mass is 9.97. The van der Waals surface area contributed by atoms with E-state index < -0.39 is 4.92 Å². The highest BCUT2D eigenvalue weighted by Crippen LogP contribution is 2.35. The van der Waals surface area contributed by atoms with E-state index in [0.717, 1.165) is 30.5 Å². The van der Waals surface area contributed by atoms with Crippen molar-refractivity contribution in [3.63, 3.8) is 0 Å². The fourth-order valence-corrected chi connectivity index (χ4v) is 2.29. The minimum atomic E-state index is -0.423. The molecular weight excluding hydrogens is 206 g/mol. The number of rotatable bonds is 2. The van der Waals surface area contributed by atoms with Crippen LogP contribution in [0.3, 0.4) is 0 Å². The zero-order chi connectivity index (χ0) is 11.7. The third-order valence-corrected chi connectivity index (χ3v) is 3.09. The van der Waals surface area contributed by atoms with Crippen LogP contribution in [0.2, 0.25) is 0 Å². The number of hydrogen-bond acceptors (Lipinski definition) is 4. The molecule has 1 aromatic carbocycles. The summed E-state index contributed by atoms with van der Waals surface area (Å²) in [6.07, 6.45) is 2.08. The minimum Gasteiger partial charge on any atom is -0.393 e. The minimum absolute atomic E-state index is 0.00861. The maximum Gasteiger partial charge on any atom is 0.292 e. The number of nitro groups is 1. The van der Waals surface area contributed by atoms with Crippen molar-refractivity contribution in [3.05, 3.63) is 33.4 Å². The molecule has 0 aliphatic carbocycles. The smallest absolute Gasteiger partial charge is 0.292 e. The first-order valence-electron chi connectivity index (χ1n) is 5.38. The number of aryl methyl sites for hydroxylation is 1. The first kappa shape index (κ1) is 10.9. The van der Waals surface area contributed by atoms with Gasteiger partial charge in [-0.05, 0) is 31.9 Å². The Morgan fingerprint density at radius 1 is 1.56 bits per heavy atom. The molecule has 0 amide bonds. The fraction of sp³-hybridized carbons (Fsp3) is 0.455. The molecule has 1 atom stereocenters. The SMILES string of the molecule is Cc1ccc([N+](=O)[O-])c(N)c1C1CCCN1. The van der Waals surface area contributed by atoms with Gasteiger partial charge in [0.05, 0.1) is 4.92 Å². The summed E-state index contributed by atoms with van der Waals surface area (Å²) in [4.78, 5) is 10.4. The molecule has 1 saturated heterocycles. The summed E-state index contributed by atoms with van der Waals surface area (Å²) >= 11 is 0. The lowest BCUT2D eigenvalue weighted by Gasteiger charge is -2.16. The number of benzene rings is 1. The Hall–Kier alpha value is -1.62. The van der Waals surface area contributed by atoms with E-state index in [0.29, 0.717) is 5.69 Å². The van der Waals surface area contributed by atoms with Gasteiger partial charge in [-0.2, -0.15) is 0 Å². The molecule has 16 heavy (non-hydrogen) atoms. The predicted octanol–water partition coefficient (Wildman–Crippen LogP) is 1.91. The molecule has 0 aromatic heterocycles. The van der Waals surface area contributed by atoms with Crippen LogP contribution in [0.1, 0.15) is 30.0 Å². The van der Waals surface area contributed by atoms with Crippen molar-refractivity contribution in [2.45, 2.75) is 25.8 Å². The van der Waals surface area contributed by atoms with Crippen molar-refractivity contribution in [3.8, 4) is 0 Å². The Balaban J connectivity index is 2.49. The van der Waals surface area contributed by atoms with Crippen LogP contribution < -0.4 is 11.1 Å². The molecule has 5 heteroatoms. The molecule has 3 N–H and O–H groups in total. The van der Waals surface area contributed by atoms with Crippen LogP contribution in [-0.4, -0.2) is 11.5 Å². The standard InChI is InChI=1S/C11H15N3O2/c1-7-4-5-9(14(15)16)11(12)10(7)8-3-2-6-13-8/h4-5,8,13H,2-3,6,12H2,1H3. The monoisotopic (exact) mass is 221 g/mol. The third kappa shape index (κ3) is 1.74. The lowest BCUT2D eigenvalue weighted by molar-refractivity contribution is -0.384. The van der Waals surface area contributed by atoms with Gasteiger partial charge in [0, 0.05) is 17.7 Å². The van der Waals surface area contributed by atoms with E-state index in [-0.39, 0.29) is 11.7 Å². The van der Waals surface area contributed by atoms with E-state index in [1.54, 1.807) is 6.07 Å². The Bertz CT molecular complexity index is 425. The zero-order valence-electron chi connectivity index (χ0n) is 9.19. The van der Waals surface area contributed by atoms with Gasteiger partial charge in [-0.3, -0.25) is 10.1 Å². The molecule has 86 valence electrons. The molecular formula is C11H15N3O2. The molecule has 0 saturated carbocycles. The molecule has 1 fully saturated rings. The van der Waals surface area contributed by atoms with E-state index in [1.807, 2.05) is 6.92 Å². The van der Waals surface area contributed by atoms with Gasteiger partial charge in [0.2, 0.25) is 0 Å². The Labute approximate surface area is 93.8 Å². The van der Waals surface area contributed by atoms with E-state index in [4.69, 9.17) is 5.73 Å². The highest BCUT2D eigenvalue weighted by atomic mass is 16.6. The maximum absolute atomic E-state index is 10.8. The first-order chi connectivity index (χ1) is 7.61. The molecule has 1 aromatic rings. The molecule has 0 radical (unpaired) electrons. The van der Waals surface area contributed by atoms with E-state index in [1.165, 1.54) is 6.07 Å². The number of nitro benzene ring substituents is 1. The Morgan fingerprint density at radius 2 is 2.31 bits per heavy atom. The Kier molecular flexibility index (Phi) is 2.78. The van der Waals surface area contributed by atoms with Crippen LogP contribution in [0.5, 0.6) is 0 Å². The van der Waals surface area contributed by atoms with Crippen LogP contribution >= 0.6 is 0 Å². The summed E-state index contributed by atoms with van der Waals surface area (Å²) in [5, 5.41) is 14.1. The van der Waals surface area contributed by atoms with Crippen molar-refractivity contribution in [1.82, 2.24) is 5.32 Å². The van der Waals surface area contributed by atoms with Crippen molar-refractivity contribution < 1.29 is 4.92 Å². The van der Waals surface area contributed by atoms with Crippen LogP contribution in [-0.2, 0) is 0 Å². The van der Waals surface area contributed by atoms with E-state index in [2.05, 4.69) is 5.32 Å². The van der Waals surface area contributed by atoms with Gasteiger partial charge in [0.1, 0.15) is 5.69 Å². The number of anilines is 1. The summed E-state index contributed by atoms with van der Waals surface area (Å²) in [7, 11) is 0. The lowest BCUT2D eigenvalue weighted by Crippen LogP contribution is -2.16. The van der Waals surface area contributed by atoms with Gasteiger partial charge in [0.15, 0.2) is 0 Å². The number of nitrogens with one attached hydrogen (secondary N) is 1. The summed E-state index contributed by atoms with van der Waals surface area (Å²) in [5.41, 5.74) is 8.11. The summed E-state index contributed by atoms with van der Waals surface area (Å²) in [6, 6.07) is 3.41. The first-order valence-corrected chi connectivity index (χ1v) is 5.38. The van der Waals surface area contributed by atoms with Crippen molar-refractivity contribution in [2.75, 3.05) is 12.3 Å². The second-order valence-electron chi connectivity index (χ2n) is 4.13. The van der Waals surface area contributed by atoms with Crippen molar-refractivity contribution in [1.29, 1.82) is 0 Å². The number of hydrogen-bond donors (Lipinski definition) is 2. The van der Waals surface area contributed by atoms with Crippen molar-refractivity contribution >= 4 is 11.4 Å². The highest BCUT2D eigenvalue weighted by molar-refractivity contribution is 5.66. The summed E-state index contributed by atoms with van der Waals surface area (Å²) in [6.45, 7) is 2.89. The molecule has 1 aliphatic heterocycles. The Morgan fingerprint density at radius 3 is 2.88 bits per heavy atom. The van der Waals surface area contributed by atoms with Gasteiger partial charge < -0.3 is 11.1 Å². The van der Waals surface area contributed by atoms with Gasteiger partial charge in [-0.25, -0.2) is 0 Å². The van der Waals surface area contributed by atoms with Crippen LogP contribution in [0.4, 0.5) is 11.4 Å². The number of nitrogen functional groups attached to an aromatic ring is 1. The fourth-order valence-electron chi connectivity index (χ4n) is 2.29. The zero-order valence-corrected chi connectivity index (χ0v) is 9.19. The predicted molar refractivity (Wildman–Crippen MR) is 62.2 cm³/mol. The average molecular weight is 221 g/mol. The largest absolute Gasteiger partial charge is 0.393 e. The van der Waals surface area contributed by atoms with Crippen molar-refractivity contribution in [2.24, 2.45) is 0 Å². The van der Waals surface area contributed by atoms with Gasteiger partial charge >= 0.3 is 0 Å². The second kappa shape index (κ2) is 4.09. The van der Waals surface area contributed by atoms with Crippen LogP contribution in [0.15, 0.2) is 12.1 Å². The van der Waals surface area contributed by atoms with Gasteiger partial charge in [-0.15, -0.1) is 0 Å². The number of nitrogens with two attached hydrogens (primary N) is 1. The maximum atomic E-state index is 10.8. The highest BCUT2D eigenvalue weighted by Gasteiger charge is 2.25. The molecule has 2 rings (SSSR count). The molecule has 0 bridgehead atoms. The normalized spacial score (nSPS) is 19.9. The van der Waals surface area contributed by atoms with Gasteiger partial charge in [-0.1, -0.05) is 6.07 Å². The van der Waals surface area contributed by atoms with Crippen LogP contribution in [0.25, 0.3) is 0 Å².